The van der Waals surface area contributed by atoms with E-state index >= 15 is 0 Å². The van der Waals surface area contributed by atoms with Gasteiger partial charge in [-0.3, -0.25) is 0 Å². The molecule has 0 N–H and O–H groups in total. The molecule has 2 saturated carbocycles. The zero-order valence-corrected chi connectivity index (χ0v) is 16.3. The molecule has 3 rings (SSSR count). The third-order valence-corrected chi connectivity index (χ3v) is 6.53. The van der Waals surface area contributed by atoms with Gasteiger partial charge in [0.25, 0.3) is 0 Å². The van der Waals surface area contributed by atoms with E-state index in [4.69, 9.17) is 14.2 Å². The number of ether oxygens (including phenoxy) is 3. The Bertz CT molecular complexity index is 636. The summed E-state index contributed by atoms with van der Waals surface area (Å²) in [6.45, 7) is 7.87. The molecule has 2 fully saturated rings. The molecule has 0 radical (unpaired) electrons. The van der Waals surface area contributed by atoms with E-state index in [0.717, 1.165) is 41.9 Å². The highest BCUT2D eigenvalue weighted by Crippen LogP contribution is 2.71. The number of methoxy groups -OCH3 is 2. The standard InChI is InChI=1S/C22H32O3/c1-16(2)22-12-11-21(3,20(22)15-22)25-13-7-6-8-17-9-10-18(23-4)19(14-17)24-5/h6,8-10,14,16,20H,7,11-13,15H2,1-5H3/b8-6+/t20-,21-,22-/m1/s1. The predicted octanol–water partition coefficient (Wildman–Crippen LogP) is 5.34. The fraction of sp³-hybridized carbons (Fsp3) is 0.636. The van der Waals surface area contributed by atoms with E-state index in [9.17, 15) is 0 Å². The lowest BCUT2D eigenvalue weighted by Crippen LogP contribution is -2.29. The van der Waals surface area contributed by atoms with E-state index < -0.39 is 0 Å². The minimum Gasteiger partial charge on any atom is -0.493 e. The van der Waals surface area contributed by atoms with Crippen LogP contribution in [0.5, 0.6) is 11.5 Å². The summed E-state index contributed by atoms with van der Waals surface area (Å²) >= 11 is 0. The molecule has 3 nitrogen and oxygen atoms in total. The fourth-order valence-corrected chi connectivity index (χ4v) is 4.71. The average molecular weight is 344 g/mol. The van der Waals surface area contributed by atoms with Crippen LogP contribution in [0, 0.1) is 17.3 Å². The highest BCUT2D eigenvalue weighted by molar-refractivity contribution is 5.55. The van der Waals surface area contributed by atoms with Crippen molar-refractivity contribution in [1.82, 2.24) is 0 Å². The summed E-state index contributed by atoms with van der Waals surface area (Å²) in [5, 5.41) is 0. The molecule has 0 bridgehead atoms. The fourth-order valence-electron chi connectivity index (χ4n) is 4.71. The molecular formula is C22H32O3. The van der Waals surface area contributed by atoms with Gasteiger partial charge in [0.15, 0.2) is 11.5 Å². The number of fused-ring (bicyclic) bond motifs is 1. The Labute approximate surface area is 152 Å². The smallest absolute Gasteiger partial charge is 0.161 e. The van der Waals surface area contributed by atoms with Gasteiger partial charge in [-0.25, -0.2) is 0 Å². The molecule has 0 heterocycles. The predicted molar refractivity (Wildman–Crippen MR) is 102 cm³/mol. The summed E-state index contributed by atoms with van der Waals surface area (Å²) in [6, 6.07) is 5.97. The monoisotopic (exact) mass is 344 g/mol. The quantitative estimate of drug-likeness (QED) is 0.596. The molecule has 2 aliphatic rings. The van der Waals surface area contributed by atoms with Crippen LogP contribution in [0.25, 0.3) is 6.08 Å². The summed E-state index contributed by atoms with van der Waals surface area (Å²) in [5.41, 5.74) is 1.80. The number of hydrogen-bond donors (Lipinski definition) is 0. The van der Waals surface area contributed by atoms with Gasteiger partial charge in [0.05, 0.1) is 26.4 Å². The first-order valence-electron chi connectivity index (χ1n) is 9.48. The van der Waals surface area contributed by atoms with Gasteiger partial charge in [0.1, 0.15) is 0 Å². The topological polar surface area (TPSA) is 27.7 Å². The maximum absolute atomic E-state index is 6.34. The second kappa shape index (κ2) is 7.03. The van der Waals surface area contributed by atoms with Crippen molar-refractivity contribution < 1.29 is 14.2 Å². The van der Waals surface area contributed by atoms with Crippen LogP contribution in [-0.4, -0.2) is 26.4 Å². The SMILES string of the molecule is COc1ccc(/C=C/CCO[C@]2(C)CC[C@]3(C(C)C)C[C@@H]32)cc1OC. The van der Waals surface area contributed by atoms with E-state index in [1.807, 2.05) is 18.2 Å². The lowest BCUT2D eigenvalue weighted by molar-refractivity contribution is -0.0418. The lowest BCUT2D eigenvalue weighted by atomic mass is 9.90. The van der Waals surface area contributed by atoms with E-state index in [-0.39, 0.29) is 5.60 Å². The first-order valence-corrected chi connectivity index (χ1v) is 9.48. The average Bonchev–Trinajstić information content (AvgIpc) is 3.30. The molecule has 0 saturated heterocycles. The Morgan fingerprint density at radius 3 is 2.52 bits per heavy atom. The van der Waals surface area contributed by atoms with Crippen LogP contribution >= 0.6 is 0 Å². The summed E-state index contributed by atoms with van der Waals surface area (Å²) in [4.78, 5) is 0. The number of hydrogen-bond acceptors (Lipinski definition) is 3. The molecule has 1 aromatic rings. The molecule has 25 heavy (non-hydrogen) atoms. The Hall–Kier alpha value is -1.48. The molecule has 3 heteroatoms. The summed E-state index contributed by atoms with van der Waals surface area (Å²) < 4.78 is 17.0. The van der Waals surface area contributed by atoms with Crippen LogP contribution in [-0.2, 0) is 4.74 Å². The van der Waals surface area contributed by atoms with Crippen LogP contribution < -0.4 is 9.47 Å². The van der Waals surface area contributed by atoms with Gasteiger partial charge >= 0.3 is 0 Å². The maximum atomic E-state index is 6.34. The minimum absolute atomic E-state index is 0.0987. The zero-order valence-electron chi connectivity index (χ0n) is 16.3. The molecule has 0 unspecified atom stereocenters. The van der Waals surface area contributed by atoms with Crippen LogP contribution in [0.4, 0.5) is 0 Å². The Kier molecular flexibility index (Phi) is 5.15. The van der Waals surface area contributed by atoms with E-state index in [1.165, 1.54) is 19.3 Å². The minimum atomic E-state index is 0.0987. The molecule has 1 aromatic carbocycles. The Morgan fingerprint density at radius 2 is 1.92 bits per heavy atom. The zero-order chi connectivity index (χ0) is 18.1. The third-order valence-electron chi connectivity index (χ3n) is 6.53. The third kappa shape index (κ3) is 3.44. The molecule has 2 aliphatic carbocycles. The summed E-state index contributed by atoms with van der Waals surface area (Å²) in [5.74, 6) is 3.08. The van der Waals surface area contributed by atoms with Gasteiger partial charge in [0.2, 0.25) is 0 Å². The summed E-state index contributed by atoms with van der Waals surface area (Å²) in [6.07, 6.45) is 9.16. The lowest BCUT2D eigenvalue weighted by Gasteiger charge is -2.26. The van der Waals surface area contributed by atoms with Crippen LogP contribution in [0.1, 0.15) is 52.0 Å². The van der Waals surface area contributed by atoms with E-state index in [0.29, 0.717) is 5.41 Å². The first-order chi connectivity index (χ1) is 11.9. The van der Waals surface area contributed by atoms with Gasteiger partial charge in [-0.15, -0.1) is 0 Å². The van der Waals surface area contributed by atoms with Gasteiger partial charge in [0, 0.05) is 0 Å². The van der Waals surface area contributed by atoms with Crippen molar-refractivity contribution in [2.24, 2.45) is 17.3 Å². The van der Waals surface area contributed by atoms with Gasteiger partial charge in [-0.2, -0.15) is 0 Å². The first kappa shape index (κ1) is 18.3. The van der Waals surface area contributed by atoms with Crippen molar-refractivity contribution in [2.45, 2.75) is 52.1 Å². The summed E-state index contributed by atoms with van der Waals surface area (Å²) in [7, 11) is 3.32. The van der Waals surface area contributed by atoms with Crippen molar-refractivity contribution in [3.63, 3.8) is 0 Å². The molecular weight excluding hydrogens is 312 g/mol. The second-order valence-electron chi connectivity index (χ2n) is 8.11. The van der Waals surface area contributed by atoms with Crippen molar-refractivity contribution in [3.8, 4) is 11.5 Å². The van der Waals surface area contributed by atoms with Crippen molar-refractivity contribution in [1.29, 1.82) is 0 Å². The molecule has 0 amide bonds. The van der Waals surface area contributed by atoms with Crippen molar-refractivity contribution >= 4 is 6.08 Å². The molecule has 0 aromatic heterocycles. The Morgan fingerprint density at radius 1 is 1.16 bits per heavy atom. The van der Waals surface area contributed by atoms with Gasteiger partial charge in [-0.1, -0.05) is 32.1 Å². The van der Waals surface area contributed by atoms with Crippen LogP contribution in [0.2, 0.25) is 0 Å². The van der Waals surface area contributed by atoms with Gasteiger partial charge in [-0.05, 0) is 67.6 Å². The van der Waals surface area contributed by atoms with Gasteiger partial charge < -0.3 is 14.2 Å². The largest absolute Gasteiger partial charge is 0.493 e. The number of benzene rings is 1. The molecule has 138 valence electrons. The highest BCUT2D eigenvalue weighted by atomic mass is 16.5. The molecule has 0 aliphatic heterocycles. The Balaban J connectivity index is 1.48. The molecule has 3 atom stereocenters. The van der Waals surface area contributed by atoms with Crippen LogP contribution in [0.3, 0.4) is 0 Å². The molecule has 0 spiro atoms. The van der Waals surface area contributed by atoms with Crippen molar-refractivity contribution in [2.75, 3.05) is 20.8 Å². The maximum Gasteiger partial charge on any atom is 0.161 e. The number of rotatable bonds is 8. The van der Waals surface area contributed by atoms with Crippen LogP contribution in [0.15, 0.2) is 24.3 Å². The van der Waals surface area contributed by atoms with E-state index in [2.05, 4.69) is 32.9 Å². The normalized spacial score (nSPS) is 30.7. The van der Waals surface area contributed by atoms with Crippen molar-refractivity contribution in [3.05, 3.63) is 29.8 Å². The highest BCUT2D eigenvalue weighted by Gasteiger charge is 2.68. The second-order valence-corrected chi connectivity index (χ2v) is 8.11. The van der Waals surface area contributed by atoms with E-state index in [1.54, 1.807) is 14.2 Å².